The Labute approximate surface area is 167 Å². The standard InChI is InChI=1S/C21H33N3O4/c1-5-18(26)22-20(3)8-11-28-21(19(20)27)6-9-24(10-7-21)14-17-12-16(15(2)25)13-23(17)4/h12-13,19,27H,5-11,14H2,1-4H3,(H,22,26)/t19-,20+/m0/s1. The van der Waals surface area contributed by atoms with Crippen molar-refractivity contribution in [2.75, 3.05) is 19.7 Å². The molecule has 2 saturated heterocycles. The molecule has 2 fully saturated rings. The van der Waals surface area contributed by atoms with E-state index < -0.39 is 17.2 Å². The van der Waals surface area contributed by atoms with Crippen LogP contribution in [0.3, 0.4) is 0 Å². The first-order chi connectivity index (χ1) is 13.2. The minimum Gasteiger partial charge on any atom is -0.388 e. The van der Waals surface area contributed by atoms with E-state index in [0.717, 1.165) is 43.7 Å². The minimum atomic E-state index is -0.731. The van der Waals surface area contributed by atoms with Crippen LogP contribution >= 0.6 is 0 Å². The van der Waals surface area contributed by atoms with Crippen LogP contribution in [0.4, 0.5) is 0 Å². The number of amides is 1. The number of ketones is 1. The maximum Gasteiger partial charge on any atom is 0.220 e. The highest BCUT2D eigenvalue weighted by atomic mass is 16.5. The zero-order valence-electron chi connectivity index (χ0n) is 17.5. The number of Topliss-reactive ketones (excluding diaryl/α,β-unsaturated/α-hetero) is 1. The Morgan fingerprint density at radius 1 is 1.32 bits per heavy atom. The molecule has 1 amide bonds. The summed E-state index contributed by atoms with van der Waals surface area (Å²) in [6, 6.07) is 1.95. The molecule has 1 spiro atoms. The van der Waals surface area contributed by atoms with Crippen LogP contribution in [0.1, 0.15) is 62.5 Å². The maximum absolute atomic E-state index is 11.9. The van der Waals surface area contributed by atoms with E-state index >= 15 is 0 Å². The Hall–Kier alpha value is -1.70. The van der Waals surface area contributed by atoms with Gasteiger partial charge in [-0.15, -0.1) is 0 Å². The molecule has 1 aromatic rings. The summed E-state index contributed by atoms with van der Waals surface area (Å²) in [5.74, 6) is 0.0348. The summed E-state index contributed by atoms with van der Waals surface area (Å²) in [6.07, 6.45) is 3.60. The van der Waals surface area contributed by atoms with Gasteiger partial charge in [0.15, 0.2) is 5.78 Å². The van der Waals surface area contributed by atoms with Crippen molar-refractivity contribution in [3.8, 4) is 0 Å². The van der Waals surface area contributed by atoms with Crippen LogP contribution in [0.15, 0.2) is 12.3 Å². The second-order valence-corrected chi connectivity index (χ2v) is 8.55. The van der Waals surface area contributed by atoms with Crippen LogP contribution in [-0.2, 0) is 23.1 Å². The number of aliphatic hydroxyl groups is 1. The van der Waals surface area contributed by atoms with Crippen molar-refractivity contribution >= 4 is 11.7 Å². The van der Waals surface area contributed by atoms with Gasteiger partial charge in [-0.05, 0) is 39.2 Å². The van der Waals surface area contributed by atoms with Crippen LogP contribution in [0, 0.1) is 0 Å². The van der Waals surface area contributed by atoms with Crippen molar-refractivity contribution in [3.05, 3.63) is 23.5 Å². The van der Waals surface area contributed by atoms with Crippen molar-refractivity contribution in [3.63, 3.8) is 0 Å². The highest BCUT2D eigenvalue weighted by Crippen LogP contribution is 2.40. The largest absolute Gasteiger partial charge is 0.388 e. The van der Waals surface area contributed by atoms with Gasteiger partial charge in [0.25, 0.3) is 0 Å². The highest BCUT2D eigenvalue weighted by molar-refractivity contribution is 5.94. The first kappa shape index (κ1) is 21.0. The SMILES string of the molecule is CCC(=O)N[C@]1(C)CCOC2(CCN(Cc3cc(C(C)=O)cn3C)CC2)[C@H]1O. The normalized spacial score (nSPS) is 27.7. The molecular weight excluding hydrogens is 358 g/mol. The van der Waals surface area contributed by atoms with Gasteiger partial charge >= 0.3 is 0 Å². The first-order valence-electron chi connectivity index (χ1n) is 10.2. The molecule has 2 aliphatic heterocycles. The molecule has 1 aromatic heterocycles. The number of nitrogens with one attached hydrogen (secondary N) is 1. The van der Waals surface area contributed by atoms with Crippen LogP contribution in [0.5, 0.6) is 0 Å². The lowest BCUT2D eigenvalue weighted by Crippen LogP contribution is -2.69. The van der Waals surface area contributed by atoms with E-state index in [1.165, 1.54) is 0 Å². The summed E-state index contributed by atoms with van der Waals surface area (Å²) in [5.41, 5.74) is 0.580. The number of carbonyl (C=O) groups excluding carboxylic acids is 2. The van der Waals surface area contributed by atoms with Crippen molar-refractivity contribution in [1.82, 2.24) is 14.8 Å². The fourth-order valence-corrected chi connectivity index (χ4v) is 4.50. The highest BCUT2D eigenvalue weighted by Gasteiger charge is 2.53. The van der Waals surface area contributed by atoms with E-state index in [9.17, 15) is 14.7 Å². The Kier molecular flexibility index (Phi) is 5.98. The molecule has 0 aliphatic carbocycles. The molecule has 7 heteroatoms. The molecule has 156 valence electrons. The second kappa shape index (κ2) is 7.97. The summed E-state index contributed by atoms with van der Waals surface area (Å²) in [7, 11) is 1.96. The van der Waals surface area contributed by atoms with Crippen molar-refractivity contribution in [2.24, 2.45) is 7.05 Å². The van der Waals surface area contributed by atoms with Crippen LogP contribution in [0.25, 0.3) is 0 Å². The quantitative estimate of drug-likeness (QED) is 0.746. The van der Waals surface area contributed by atoms with Crippen molar-refractivity contribution < 1.29 is 19.4 Å². The predicted molar refractivity (Wildman–Crippen MR) is 106 cm³/mol. The third-order valence-corrected chi connectivity index (χ3v) is 6.46. The summed E-state index contributed by atoms with van der Waals surface area (Å²) in [5, 5.41) is 14.2. The summed E-state index contributed by atoms with van der Waals surface area (Å²) >= 11 is 0. The molecule has 0 unspecified atom stereocenters. The van der Waals surface area contributed by atoms with Gasteiger partial charge in [0.05, 0.1) is 11.1 Å². The maximum atomic E-state index is 11.9. The smallest absolute Gasteiger partial charge is 0.220 e. The zero-order valence-corrected chi connectivity index (χ0v) is 17.5. The number of nitrogens with zero attached hydrogens (tertiary/aromatic N) is 2. The molecule has 0 aromatic carbocycles. The van der Waals surface area contributed by atoms with Crippen LogP contribution in [-0.4, -0.2) is 63.2 Å². The molecule has 2 aliphatic rings. The monoisotopic (exact) mass is 391 g/mol. The molecule has 0 radical (unpaired) electrons. The average molecular weight is 392 g/mol. The Morgan fingerprint density at radius 2 is 2.00 bits per heavy atom. The number of ether oxygens (including phenoxy) is 1. The molecule has 2 N–H and O–H groups in total. The van der Waals surface area contributed by atoms with Crippen LogP contribution < -0.4 is 5.32 Å². The Morgan fingerprint density at radius 3 is 2.57 bits per heavy atom. The molecule has 0 bridgehead atoms. The van der Waals surface area contributed by atoms with E-state index in [0.29, 0.717) is 19.4 Å². The van der Waals surface area contributed by atoms with E-state index in [-0.39, 0.29) is 11.7 Å². The summed E-state index contributed by atoms with van der Waals surface area (Å²) < 4.78 is 8.11. The number of carbonyl (C=O) groups is 2. The predicted octanol–water partition coefficient (Wildman–Crippen LogP) is 1.63. The van der Waals surface area contributed by atoms with E-state index in [2.05, 4.69) is 10.2 Å². The number of hydrogen-bond acceptors (Lipinski definition) is 5. The lowest BCUT2D eigenvalue weighted by atomic mass is 9.73. The summed E-state index contributed by atoms with van der Waals surface area (Å²) in [6.45, 7) is 8.23. The number of likely N-dealkylation sites (tertiary alicyclic amines) is 1. The number of aryl methyl sites for hydroxylation is 1. The first-order valence-corrected chi connectivity index (χ1v) is 10.2. The van der Waals surface area contributed by atoms with Crippen molar-refractivity contribution in [2.45, 2.75) is 70.2 Å². The van der Waals surface area contributed by atoms with Gasteiger partial charge in [0.1, 0.15) is 6.10 Å². The fraction of sp³-hybridized carbons (Fsp3) is 0.714. The van der Waals surface area contributed by atoms with Gasteiger partial charge in [0.2, 0.25) is 5.91 Å². The third kappa shape index (κ3) is 4.02. The lowest BCUT2D eigenvalue weighted by Gasteiger charge is -2.53. The molecular formula is C21H33N3O4. The molecule has 3 heterocycles. The molecule has 7 nitrogen and oxygen atoms in total. The minimum absolute atomic E-state index is 0.0407. The zero-order chi connectivity index (χ0) is 20.5. The second-order valence-electron chi connectivity index (χ2n) is 8.55. The lowest BCUT2D eigenvalue weighted by molar-refractivity contribution is -0.208. The number of rotatable bonds is 5. The Bertz CT molecular complexity index is 736. The number of hydrogen-bond donors (Lipinski definition) is 2. The van der Waals surface area contributed by atoms with E-state index in [1.807, 2.05) is 37.7 Å². The van der Waals surface area contributed by atoms with Crippen LogP contribution in [0.2, 0.25) is 0 Å². The van der Waals surface area contributed by atoms with Gasteiger partial charge in [0, 0.05) is 57.2 Å². The summed E-state index contributed by atoms with van der Waals surface area (Å²) in [4.78, 5) is 25.9. The number of aromatic nitrogens is 1. The molecule has 3 rings (SSSR count). The third-order valence-electron chi connectivity index (χ3n) is 6.46. The van der Waals surface area contributed by atoms with Gasteiger partial charge in [-0.3, -0.25) is 14.5 Å². The van der Waals surface area contributed by atoms with Crippen molar-refractivity contribution in [1.29, 1.82) is 0 Å². The molecule has 0 saturated carbocycles. The Balaban J connectivity index is 1.65. The van der Waals surface area contributed by atoms with Gasteiger partial charge in [-0.1, -0.05) is 6.92 Å². The average Bonchev–Trinajstić information content (AvgIpc) is 3.02. The number of aliphatic hydroxyl groups excluding tert-OH is 1. The van der Waals surface area contributed by atoms with E-state index in [1.54, 1.807) is 6.92 Å². The topological polar surface area (TPSA) is 83.8 Å². The van der Waals surface area contributed by atoms with E-state index in [4.69, 9.17) is 4.74 Å². The van der Waals surface area contributed by atoms with Gasteiger partial charge in [-0.25, -0.2) is 0 Å². The fourth-order valence-electron chi connectivity index (χ4n) is 4.50. The number of piperidine rings is 1. The molecule has 28 heavy (non-hydrogen) atoms. The van der Waals surface area contributed by atoms with Gasteiger partial charge in [-0.2, -0.15) is 0 Å². The van der Waals surface area contributed by atoms with Gasteiger partial charge < -0.3 is 19.7 Å². The molecule has 2 atom stereocenters.